The van der Waals surface area contributed by atoms with E-state index in [1.54, 1.807) is 11.8 Å². The Morgan fingerprint density at radius 2 is 1.92 bits per heavy atom. The summed E-state index contributed by atoms with van der Waals surface area (Å²) in [5.74, 6) is -0.681. The molecule has 7 heteroatoms. The smallest absolute Gasteiger partial charge is 0.306 e. The van der Waals surface area contributed by atoms with E-state index in [9.17, 15) is 14.4 Å². The predicted molar refractivity (Wildman–Crippen MR) is 95.0 cm³/mol. The first-order valence-electron chi connectivity index (χ1n) is 9.05. The predicted octanol–water partition coefficient (Wildman–Crippen LogP) is 1.95. The molecule has 0 bridgehead atoms. The van der Waals surface area contributed by atoms with Crippen molar-refractivity contribution < 1.29 is 24.2 Å². The second-order valence-electron chi connectivity index (χ2n) is 6.92. The molecule has 2 N–H and O–H groups in total. The Kier molecular flexibility index (Phi) is 5.44. The lowest BCUT2D eigenvalue weighted by Crippen LogP contribution is -2.46. The van der Waals surface area contributed by atoms with E-state index in [1.807, 2.05) is 24.3 Å². The van der Waals surface area contributed by atoms with Gasteiger partial charge in [0.2, 0.25) is 5.91 Å². The molecular formula is C19H24N2O5. The number of carbonyl (C=O) groups is 3. The Morgan fingerprint density at radius 3 is 2.62 bits per heavy atom. The number of nitrogens with zero attached hydrogens (tertiary/aromatic N) is 1. The zero-order chi connectivity index (χ0) is 18.7. The van der Waals surface area contributed by atoms with E-state index >= 15 is 0 Å². The second kappa shape index (κ2) is 7.76. The molecule has 7 nitrogen and oxygen atoms in total. The van der Waals surface area contributed by atoms with E-state index in [2.05, 4.69) is 5.32 Å². The number of hydrogen-bond acceptors (Lipinski definition) is 4. The molecule has 1 aliphatic heterocycles. The Balaban J connectivity index is 1.53. The molecule has 1 heterocycles. The molecule has 1 aromatic carbocycles. The van der Waals surface area contributed by atoms with Gasteiger partial charge >= 0.3 is 5.97 Å². The normalized spacial score (nSPS) is 25.2. The molecule has 1 atom stereocenters. The van der Waals surface area contributed by atoms with Gasteiger partial charge in [-0.05, 0) is 44.7 Å². The van der Waals surface area contributed by atoms with E-state index < -0.39 is 12.1 Å². The van der Waals surface area contributed by atoms with Gasteiger partial charge in [-0.1, -0.05) is 12.1 Å². The van der Waals surface area contributed by atoms with E-state index in [0.29, 0.717) is 43.7 Å². The Morgan fingerprint density at radius 1 is 1.23 bits per heavy atom. The average molecular weight is 360 g/mol. The van der Waals surface area contributed by atoms with Gasteiger partial charge in [-0.15, -0.1) is 0 Å². The van der Waals surface area contributed by atoms with Gasteiger partial charge in [0, 0.05) is 19.0 Å². The van der Waals surface area contributed by atoms with E-state index in [1.165, 1.54) is 0 Å². The zero-order valence-corrected chi connectivity index (χ0v) is 14.8. The number of hydrogen-bond donors (Lipinski definition) is 2. The SMILES string of the molecule is CC1Oc2ccccc2N(CCC(=O)NC2CCC(C(=O)O)CC2)C1=O. The van der Waals surface area contributed by atoms with Crippen LogP contribution in [-0.4, -0.2) is 41.6 Å². The van der Waals surface area contributed by atoms with Gasteiger partial charge in [-0.3, -0.25) is 14.4 Å². The van der Waals surface area contributed by atoms with Crippen LogP contribution in [-0.2, 0) is 14.4 Å². The lowest BCUT2D eigenvalue weighted by molar-refractivity contribution is -0.142. The first-order chi connectivity index (χ1) is 12.5. The number of ether oxygens (including phenoxy) is 1. The largest absolute Gasteiger partial charge is 0.481 e. The molecule has 0 spiro atoms. The summed E-state index contributed by atoms with van der Waals surface area (Å²) in [6.07, 6.45) is 2.17. The number of para-hydroxylation sites is 2. The van der Waals surface area contributed by atoms with Crippen molar-refractivity contribution in [3.05, 3.63) is 24.3 Å². The van der Waals surface area contributed by atoms with Crippen LogP contribution in [0.2, 0.25) is 0 Å². The molecule has 2 amide bonds. The third-order valence-electron chi connectivity index (χ3n) is 5.08. The highest BCUT2D eigenvalue weighted by atomic mass is 16.5. The first kappa shape index (κ1) is 18.2. The molecule has 2 aliphatic rings. The van der Waals surface area contributed by atoms with Crippen LogP contribution in [0, 0.1) is 5.92 Å². The number of nitrogens with one attached hydrogen (secondary N) is 1. The summed E-state index contributed by atoms with van der Waals surface area (Å²) in [7, 11) is 0. The number of carboxylic acids is 1. The van der Waals surface area contributed by atoms with Crippen molar-refractivity contribution >= 4 is 23.5 Å². The molecule has 26 heavy (non-hydrogen) atoms. The fourth-order valence-corrected chi connectivity index (χ4v) is 3.59. The number of rotatable bonds is 5. The average Bonchev–Trinajstić information content (AvgIpc) is 2.62. The van der Waals surface area contributed by atoms with Crippen molar-refractivity contribution in [1.82, 2.24) is 5.32 Å². The fraction of sp³-hybridized carbons (Fsp3) is 0.526. The van der Waals surface area contributed by atoms with Crippen molar-refractivity contribution in [3.63, 3.8) is 0 Å². The minimum atomic E-state index is -0.756. The summed E-state index contributed by atoms with van der Waals surface area (Å²) < 4.78 is 5.59. The molecule has 1 fully saturated rings. The number of amides is 2. The topological polar surface area (TPSA) is 95.9 Å². The highest BCUT2D eigenvalue weighted by molar-refractivity contribution is 6.00. The Hall–Kier alpha value is -2.57. The molecule has 3 rings (SSSR count). The van der Waals surface area contributed by atoms with Crippen LogP contribution >= 0.6 is 0 Å². The molecular weight excluding hydrogens is 336 g/mol. The van der Waals surface area contributed by atoms with Crippen LogP contribution in [0.4, 0.5) is 5.69 Å². The molecule has 140 valence electrons. The summed E-state index contributed by atoms with van der Waals surface area (Å²) in [6, 6.07) is 7.32. The molecule has 0 aromatic heterocycles. The maximum atomic E-state index is 12.4. The Bertz CT molecular complexity index is 697. The van der Waals surface area contributed by atoms with E-state index in [-0.39, 0.29) is 30.2 Å². The fourth-order valence-electron chi connectivity index (χ4n) is 3.59. The molecule has 0 radical (unpaired) electrons. The van der Waals surface area contributed by atoms with Crippen LogP contribution in [0.1, 0.15) is 39.0 Å². The molecule has 1 unspecified atom stereocenters. The minimum Gasteiger partial charge on any atom is -0.481 e. The van der Waals surface area contributed by atoms with Crippen molar-refractivity contribution in [2.45, 2.75) is 51.2 Å². The minimum absolute atomic E-state index is 0.0182. The molecule has 1 aromatic rings. The maximum Gasteiger partial charge on any atom is 0.306 e. The molecule has 1 aliphatic carbocycles. The van der Waals surface area contributed by atoms with Gasteiger partial charge in [0.15, 0.2) is 6.10 Å². The summed E-state index contributed by atoms with van der Waals surface area (Å²) in [5.41, 5.74) is 0.686. The van der Waals surface area contributed by atoms with Crippen molar-refractivity contribution in [2.75, 3.05) is 11.4 Å². The third kappa shape index (κ3) is 3.98. The van der Waals surface area contributed by atoms with Gasteiger partial charge < -0.3 is 20.1 Å². The second-order valence-corrected chi connectivity index (χ2v) is 6.92. The standard InChI is InChI=1S/C19H24N2O5/c1-12-18(23)21(15-4-2-3-5-16(15)26-12)11-10-17(22)20-14-8-6-13(7-9-14)19(24)25/h2-5,12-14H,6-11H2,1H3,(H,20,22)(H,24,25). The van der Waals surface area contributed by atoms with Gasteiger partial charge in [0.25, 0.3) is 5.91 Å². The van der Waals surface area contributed by atoms with Crippen LogP contribution < -0.4 is 15.0 Å². The zero-order valence-electron chi connectivity index (χ0n) is 14.8. The van der Waals surface area contributed by atoms with E-state index in [0.717, 1.165) is 0 Å². The van der Waals surface area contributed by atoms with Crippen molar-refractivity contribution in [3.8, 4) is 5.75 Å². The van der Waals surface area contributed by atoms with Crippen LogP contribution in [0.15, 0.2) is 24.3 Å². The first-order valence-corrected chi connectivity index (χ1v) is 9.05. The highest BCUT2D eigenvalue weighted by Crippen LogP contribution is 2.33. The lowest BCUT2D eigenvalue weighted by atomic mass is 9.86. The number of anilines is 1. The molecule has 0 saturated heterocycles. The number of benzene rings is 1. The van der Waals surface area contributed by atoms with Crippen LogP contribution in [0.3, 0.4) is 0 Å². The summed E-state index contributed by atoms with van der Waals surface area (Å²) in [6.45, 7) is 1.99. The summed E-state index contributed by atoms with van der Waals surface area (Å²) >= 11 is 0. The van der Waals surface area contributed by atoms with Crippen LogP contribution in [0.5, 0.6) is 5.75 Å². The number of carboxylic acid groups (broad SMARTS) is 1. The lowest BCUT2D eigenvalue weighted by Gasteiger charge is -2.33. The van der Waals surface area contributed by atoms with Gasteiger partial charge in [0.1, 0.15) is 5.75 Å². The summed E-state index contributed by atoms with van der Waals surface area (Å²) in [4.78, 5) is 37.3. The Labute approximate surface area is 152 Å². The number of carbonyl (C=O) groups excluding carboxylic acids is 2. The van der Waals surface area contributed by atoms with Gasteiger partial charge in [-0.25, -0.2) is 0 Å². The van der Waals surface area contributed by atoms with Crippen LogP contribution in [0.25, 0.3) is 0 Å². The third-order valence-corrected chi connectivity index (χ3v) is 5.08. The maximum absolute atomic E-state index is 12.4. The monoisotopic (exact) mass is 360 g/mol. The van der Waals surface area contributed by atoms with Gasteiger partial charge in [-0.2, -0.15) is 0 Å². The van der Waals surface area contributed by atoms with E-state index in [4.69, 9.17) is 9.84 Å². The summed E-state index contributed by atoms with van der Waals surface area (Å²) in [5, 5.41) is 12.0. The van der Waals surface area contributed by atoms with Crippen molar-refractivity contribution in [2.24, 2.45) is 5.92 Å². The number of fused-ring (bicyclic) bond motifs is 1. The molecule has 1 saturated carbocycles. The van der Waals surface area contributed by atoms with Gasteiger partial charge in [0.05, 0.1) is 11.6 Å². The highest BCUT2D eigenvalue weighted by Gasteiger charge is 2.32. The quantitative estimate of drug-likeness (QED) is 0.837. The number of aliphatic carboxylic acids is 1. The van der Waals surface area contributed by atoms with Crippen molar-refractivity contribution in [1.29, 1.82) is 0 Å².